The van der Waals surface area contributed by atoms with E-state index in [2.05, 4.69) is 0 Å². The first kappa shape index (κ1) is 10.7. The summed E-state index contributed by atoms with van der Waals surface area (Å²) >= 11 is 0. The Morgan fingerprint density at radius 3 is 2.50 bits per heavy atom. The highest BCUT2D eigenvalue weighted by atomic mass is 16.5. The minimum absolute atomic E-state index is 0.740. The van der Waals surface area contributed by atoms with Crippen molar-refractivity contribution in [1.82, 2.24) is 0 Å². The van der Waals surface area contributed by atoms with Gasteiger partial charge in [-0.1, -0.05) is 0 Å². The minimum Gasteiger partial charge on any atom is -0.497 e. The van der Waals surface area contributed by atoms with E-state index in [9.17, 15) is 0 Å². The van der Waals surface area contributed by atoms with Gasteiger partial charge in [0.1, 0.15) is 17.1 Å². The number of anilines is 1. The molecule has 90 valence electrons. The van der Waals surface area contributed by atoms with E-state index in [0.717, 1.165) is 33.7 Å². The average molecular weight is 239 g/mol. The third-order valence-electron chi connectivity index (χ3n) is 2.91. The summed E-state index contributed by atoms with van der Waals surface area (Å²) in [6.07, 6.45) is 0. The minimum atomic E-state index is 0.740. The largest absolute Gasteiger partial charge is 0.497 e. The van der Waals surface area contributed by atoms with Gasteiger partial charge in [0.25, 0.3) is 0 Å². The first-order valence-corrected chi connectivity index (χ1v) is 5.70. The van der Waals surface area contributed by atoms with E-state index in [0.29, 0.717) is 0 Å². The lowest BCUT2D eigenvalue weighted by molar-refractivity contribution is 0.415. The third-order valence-corrected chi connectivity index (χ3v) is 2.91. The van der Waals surface area contributed by atoms with Crippen LogP contribution in [0, 0.1) is 0 Å². The molecule has 0 aliphatic carbocycles. The van der Waals surface area contributed by atoms with Gasteiger partial charge < -0.3 is 14.9 Å². The number of nitrogens with two attached hydrogens (primary N) is 1. The maximum Gasteiger partial charge on any atom is 0.135 e. The lowest BCUT2D eigenvalue weighted by Crippen LogP contribution is -1.81. The Bertz CT molecular complexity index is 683. The van der Waals surface area contributed by atoms with Gasteiger partial charge >= 0.3 is 0 Å². The molecule has 2 aromatic carbocycles. The fraction of sp³-hybridized carbons (Fsp3) is 0.0667. The van der Waals surface area contributed by atoms with Gasteiger partial charge in [0, 0.05) is 16.6 Å². The third kappa shape index (κ3) is 1.80. The van der Waals surface area contributed by atoms with Gasteiger partial charge in [-0.25, -0.2) is 0 Å². The number of rotatable bonds is 2. The number of furan rings is 1. The Balaban J connectivity index is 2.07. The van der Waals surface area contributed by atoms with Crippen molar-refractivity contribution >= 4 is 16.7 Å². The number of hydrogen-bond donors (Lipinski definition) is 1. The van der Waals surface area contributed by atoms with Gasteiger partial charge in [0.2, 0.25) is 0 Å². The normalized spacial score (nSPS) is 10.7. The summed E-state index contributed by atoms with van der Waals surface area (Å²) in [5.41, 5.74) is 8.35. The molecule has 2 N–H and O–H groups in total. The summed E-state index contributed by atoms with van der Waals surface area (Å²) in [7, 11) is 1.65. The second-order valence-corrected chi connectivity index (χ2v) is 4.14. The zero-order chi connectivity index (χ0) is 12.5. The molecule has 3 heteroatoms. The van der Waals surface area contributed by atoms with E-state index in [4.69, 9.17) is 14.9 Å². The number of ether oxygens (including phenoxy) is 1. The van der Waals surface area contributed by atoms with Gasteiger partial charge in [-0.15, -0.1) is 0 Å². The molecule has 0 aliphatic rings. The first-order valence-electron chi connectivity index (χ1n) is 5.70. The molecule has 3 aromatic rings. The van der Waals surface area contributed by atoms with Crippen molar-refractivity contribution < 1.29 is 9.15 Å². The van der Waals surface area contributed by atoms with Crippen molar-refractivity contribution in [2.24, 2.45) is 0 Å². The summed E-state index contributed by atoms with van der Waals surface area (Å²) in [5, 5.41) is 1.01. The van der Waals surface area contributed by atoms with Crippen molar-refractivity contribution in [3.8, 4) is 17.1 Å². The number of fused-ring (bicyclic) bond motifs is 1. The average Bonchev–Trinajstić information content (AvgIpc) is 2.81. The van der Waals surface area contributed by atoms with Crippen LogP contribution in [0.25, 0.3) is 22.3 Å². The van der Waals surface area contributed by atoms with Crippen molar-refractivity contribution in [3.05, 3.63) is 48.5 Å². The van der Waals surface area contributed by atoms with Crippen LogP contribution in [0.4, 0.5) is 5.69 Å². The van der Waals surface area contributed by atoms with Crippen LogP contribution in [0.1, 0.15) is 0 Å². The lowest BCUT2D eigenvalue weighted by Gasteiger charge is -2.00. The van der Waals surface area contributed by atoms with Crippen LogP contribution in [0.3, 0.4) is 0 Å². The molecule has 18 heavy (non-hydrogen) atoms. The smallest absolute Gasteiger partial charge is 0.135 e. The molecule has 1 aromatic heterocycles. The van der Waals surface area contributed by atoms with Gasteiger partial charge in [0.05, 0.1) is 7.11 Å². The Morgan fingerprint density at radius 2 is 1.78 bits per heavy atom. The molecular formula is C15H13NO2. The number of hydrogen-bond acceptors (Lipinski definition) is 3. The molecule has 0 atom stereocenters. The summed E-state index contributed by atoms with van der Waals surface area (Å²) in [5.74, 6) is 1.66. The first-order chi connectivity index (χ1) is 8.76. The predicted octanol–water partition coefficient (Wildman–Crippen LogP) is 3.69. The monoisotopic (exact) mass is 239 g/mol. The van der Waals surface area contributed by atoms with Crippen molar-refractivity contribution in [2.45, 2.75) is 0 Å². The van der Waals surface area contributed by atoms with E-state index in [-0.39, 0.29) is 0 Å². The van der Waals surface area contributed by atoms with Crippen molar-refractivity contribution in [2.75, 3.05) is 12.8 Å². The maximum absolute atomic E-state index is 5.79. The van der Waals surface area contributed by atoms with Crippen LogP contribution in [0.2, 0.25) is 0 Å². The predicted molar refractivity (Wildman–Crippen MR) is 72.6 cm³/mol. The Hall–Kier alpha value is -2.42. The highest BCUT2D eigenvalue weighted by molar-refractivity contribution is 5.85. The second-order valence-electron chi connectivity index (χ2n) is 4.14. The van der Waals surface area contributed by atoms with Crippen LogP contribution in [-0.4, -0.2) is 7.11 Å². The quantitative estimate of drug-likeness (QED) is 0.694. The van der Waals surface area contributed by atoms with Crippen LogP contribution < -0.4 is 10.5 Å². The zero-order valence-electron chi connectivity index (χ0n) is 10.0. The van der Waals surface area contributed by atoms with Gasteiger partial charge in [-0.2, -0.15) is 0 Å². The molecule has 0 fully saturated rings. The van der Waals surface area contributed by atoms with Gasteiger partial charge in [-0.05, 0) is 48.5 Å². The summed E-state index contributed by atoms with van der Waals surface area (Å²) in [6, 6.07) is 15.4. The molecule has 3 rings (SSSR count). The van der Waals surface area contributed by atoms with Crippen LogP contribution >= 0.6 is 0 Å². The van der Waals surface area contributed by atoms with E-state index < -0.39 is 0 Å². The fourth-order valence-electron chi connectivity index (χ4n) is 1.96. The van der Waals surface area contributed by atoms with Crippen LogP contribution in [0.15, 0.2) is 52.9 Å². The lowest BCUT2D eigenvalue weighted by atomic mass is 10.1. The molecule has 0 bridgehead atoms. The maximum atomic E-state index is 5.79. The molecule has 3 nitrogen and oxygen atoms in total. The van der Waals surface area contributed by atoms with E-state index in [1.54, 1.807) is 7.11 Å². The topological polar surface area (TPSA) is 48.4 Å². The number of benzene rings is 2. The van der Waals surface area contributed by atoms with Crippen LogP contribution in [-0.2, 0) is 0 Å². The molecule has 0 radical (unpaired) electrons. The summed E-state index contributed by atoms with van der Waals surface area (Å²) < 4.78 is 10.9. The van der Waals surface area contributed by atoms with Crippen molar-refractivity contribution in [3.63, 3.8) is 0 Å². The molecular weight excluding hydrogens is 226 g/mol. The second kappa shape index (κ2) is 4.11. The van der Waals surface area contributed by atoms with Crippen LogP contribution in [0.5, 0.6) is 5.75 Å². The van der Waals surface area contributed by atoms with Gasteiger partial charge in [-0.3, -0.25) is 0 Å². The molecule has 0 unspecified atom stereocenters. The molecule has 0 aliphatic heterocycles. The molecule has 0 spiro atoms. The Kier molecular flexibility index (Phi) is 2.45. The standard InChI is InChI=1S/C15H13NO2/c1-17-13-5-2-10(3-6-13)15-9-11-8-12(16)4-7-14(11)18-15/h2-9H,16H2,1H3. The molecule has 1 heterocycles. The fourth-order valence-corrected chi connectivity index (χ4v) is 1.96. The molecule has 0 amide bonds. The number of methoxy groups -OCH3 is 1. The highest BCUT2D eigenvalue weighted by Crippen LogP contribution is 2.29. The van der Waals surface area contributed by atoms with E-state index in [1.807, 2.05) is 48.5 Å². The highest BCUT2D eigenvalue weighted by Gasteiger charge is 2.06. The summed E-state index contributed by atoms with van der Waals surface area (Å²) in [4.78, 5) is 0. The zero-order valence-corrected chi connectivity index (χ0v) is 10.0. The molecule has 0 saturated heterocycles. The molecule has 0 saturated carbocycles. The Labute approximate surface area is 105 Å². The van der Waals surface area contributed by atoms with E-state index in [1.165, 1.54) is 0 Å². The summed E-state index contributed by atoms with van der Waals surface area (Å²) in [6.45, 7) is 0. The van der Waals surface area contributed by atoms with Crippen molar-refractivity contribution in [1.29, 1.82) is 0 Å². The van der Waals surface area contributed by atoms with Gasteiger partial charge in [0.15, 0.2) is 0 Å². The number of nitrogen functional groups attached to an aromatic ring is 1. The SMILES string of the molecule is COc1ccc(-c2cc3cc(N)ccc3o2)cc1. The Morgan fingerprint density at radius 1 is 1.00 bits per heavy atom. The van der Waals surface area contributed by atoms with E-state index >= 15 is 0 Å².